The van der Waals surface area contributed by atoms with Gasteiger partial charge in [-0.25, -0.2) is 0 Å². The van der Waals surface area contributed by atoms with Crippen molar-refractivity contribution >= 4 is 17.7 Å². The van der Waals surface area contributed by atoms with Crippen molar-refractivity contribution in [1.82, 2.24) is 9.55 Å². The smallest absolute Gasteiger partial charge is 0.312 e. The van der Waals surface area contributed by atoms with Crippen LogP contribution in [-0.4, -0.2) is 21.3 Å². The first-order valence-electron chi connectivity index (χ1n) is 6.02. The zero-order chi connectivity index (χ0) is 13.3. The van der Waals surface area contributed by atoms with Crippen LogP contribution in [-0.2, 0) is 11.3 Å². The minimum atomic E-state index is -0.364. The third kappa shape index (κ3) is 2.29. The number of aromatic nitrogens is 2. The van der Waals surface area contributed by atoms with Gasteiger partial charge in [0.05, 0.1) is 5.56 Å². The number of esters is 1. The maximum absolute atomic E-state index is 12.3. The van der Waals surface area contributed by atoms with Crippen molar-refractivity contribution < 1.29 is 9.53 Å². The Morgan fingerprint density at radius 3 is 2.89 bits per heavy atom. The topological polar surface area (TPSA) is 61.2 Å². The van der Waals surface area contributed by atoms with E-state index in [2.05, 4.69) is 4.98 Å². The molecule has 0 saturated heterocycles. The molecule has 0 bridgehead atoms. The summed E-state index contributed by atoms with van der Waals surface area (Å²) in [5, 5.41) is 0.642. The summed E-state index contributed by atoms with van der Waals surface area (Å²) in [6, 6.07) is 0. The van der Waals surface area contributed by atoms with Gasteiger partial charge in [-0.1, -0.05) is 32.5 Å². The quantitative estimate of drug-likeness (QED) is 0.618. The number of hydrogen-bond acceptors (Lipinski definition) is 5. The largest absolute Gasteiger partial charge is 0.407 e. The summed E-state index contributed by atoms with van der Waals surface area (Å²) in [6.07, 6.45) is 0.269. The summed E-state index contributed by atoms with van der Waals surface area (Å²) in [7, 11) is 0. The Morgan fingerprint density at radius 2 is 2.28 bits per heavy atom. The fourth-order valence-corrected chi connectivity index (χ4v) is 2.75. The third-order valence-electron chi connectivity index (χ3n) is 2.76. The molecule has 0 aliphatic carbocycles. The summed E-state index contributed by atoms with van der Waals surface area (Å²) < 4.78 is 6.84. The van der Waals surface area contributed by atoms with Crippen molar-refractivity contribution in [3.05, 3.63) is 15.9 Å². The number of carbonyl (C=O) groups is 1. The van der Waals surface area contributed by atoms with Gasteiger partial charge in [0.1, 0.15) is 0 Å². The Hall–Kier alpha value is -1.30. The summed E-state index contributed by atoms with van der Waals surface area (Å²) in [6.45, 7) is 6.19. The highest BCUT2D eigenvalue weighted by molar-refractivity contribution is 7.99. The molecule has 6 heteroatoms. The van der Waals surface area contributed by atoms with Crippen molar-refractivity contribution in [3.63, 3.8) is 0 Å². The first-order valence-corrected chi connectivity index (χ1v) is 7.01. The molecule has 0 amide bonds. The molecule has 2 rings (SSSR count). The lowest BCUT2D eigenvalue weighted by atomic mass is 10.1. The summed E-state index contributed by atoms with van der Waals surface area (Å²) >= 11 is 1.51. The van der Waals surface area contributed by atoms with E-state index in [1.807, 2.05) is 13.8 Å². The van der Waals surface area contributed by atoms with E-state index in [0.717, 1.165) is 5.75 Å². The van der Waals surface area contributed by atoms with Gasteiger partial charge < -0.3 is 4.74 Å². The number of carbonyl (C=O) groups excluding carboxylic acids is 1. The Balaban J connectivity index is 2.54. The Kier molecular flexibility index (Phi) is 3.75. The zero-order valence-corrected chi connectivity index (χ0v) is 11.5. The van der Waals surface area contributed by atoms with Crippen molar-refractivity contribution in [2.45, 2.75) is 44.8 Å². The maximum atomic E-state index is 12.3. The van der Waals surface area contributed by atoms with Crippen LogP contribution in [0.15, 0.2) is 9.95 Å². The third-order valence-corrected chi connectivity index (χ3v) is 3.71. The molecule has 98 valence electrons. The van der Waals surface area contributed by atoms with E-state index in [1.54, 1.807) is 11.5 Å². The van der Waals surface area contributed by atoms with E-state index >= 15 is 0 Å². The van der Waals surface area contributed by atoms with Crippen LogP contribution in [0, 0.1) is 0 Å². The normalized spacial score (nSPS) is 13.8. The Labute approximate surface area is 110 Å². The van der Waals surface area contributed by atoms with Gasteiger partial charge in [-0.2, -0.15) is 4.98 Å². The van der Waals surface area contributed by atoms with E-state index in [1.165, 1.54) is 11.8 Å². The Morgan fingerprint density at radius 1 is 1.56 bits per heavy atom. The average Bonchev–Trinajstić information content (AvgIpc) is 2.76. The van der Waals surface area contributed by atoms with Crippen LogP contribution in [0.4, 0.5) is 0 Å². The van der Waals surface area contributed by atoms with Gasteiger partial charge in [0.2, 0.25) is 5.88 Å². The van der Waals surface area contributed by atoms with E-state index in [0.29, 0.717) is 17.3 Å². The van der Waals surface area contributed by atoms with Crippen LogP contribution in [0.5, 0.6) is 5.88 Å². The highest BCUT2D eigenvalue weighted by Gasteiger charge is 2.24. The van der Waals surface area contributed by atoms with Crippen LogP contribution < -0.4 is 10.3 Å². The molecular weight excluding hydrogens is 252 g/mol. The monoisotopic (exact) mass is 268 g/mol. The second-order valence-electron chi connectivity index (χ2n) is 4.40. The number of ether oxygens (including phenoxy) is 1. The fourth-order valence-electron chi connectivity index (χ4n) is 1.82. The highest BCUT2D eigenvalue weighted by Crippen LogP contribution is 2.28. The van der Waals surface area contributed by atoms with Gasteiger partial charge in [0.15, 0.2) is 5.16 Å². The molecule has 1 aliphatic heterocycles. The SMILES string of the molecule is CCC(=O)Oc1nc2n(c(=O)c1C(C)C)CCS2. The number of nitrogens with zero attached hydrogens (tertiary/aromatic N) is 2. The molecule has 0 spiro atoms. The fraction of sp³-hybridized carbons (Fsp3) is 0.583. The van der Waals surface area contributed by atoms with Gasteiger partial charge in [-0.15, -0.1) is 0 Å². The lowest BCUT2D eigenvalue weighted by molar-refractivity contribution is -0.134. The van der Waals surface area contributed by atoms with E-state index in [9.17, 15) is 9.59 Å². The van der Waals surface area contributed by atoms with Crippen LogP contribution in [0.25, 0.3) is 0 Å². The van der Waals surface area contributed by atoms with Crippen molar-refractivity contribution in [2.24, 2.45) is 0 Å². The minimum Gasteiger partial charge on any atom is -0.407 e. The van der Waals surface area contributed by atoms with Crippen LogP contribution >= 0.6 is 11.8 Å². The molecule has 0 unspecified atom stereocenters. The molecule has 0 fully saturated rings. The molecule has 0 saturated carbocycles. The van der Waals surface area contributed by atoms with Crippen LogP contribution in [0.1, 0.15) is 38.7 Å². The molecule has 0 radical (unpaired) electrons. The number of hydrogen-bond donors (Lipinski definition) is 0. The standard InChI is InChI=1S/C12H16N2O3S/c1-4-8(15)17-10-9(7(2)3)11(16)14-5-6-18-12(14)13-10/h7H,4-6H2,1-3H3. The molecule has 0 atom stereocenters. The molecule has 1 aliphatic rings. The summed E-state index contributed by atoms with van der Waals surface area (Å²) in [4.78, 5) is 28.0. The molecular formula is C12H16N2O3S. The summed E-state index contributed by atoms with van der Waals surface area (Å²) in [5.41, 5.74) is 0.405. The first-order chi connectivity index (χ1) is 8.54. The zero-order valence-electron chi connectivity index (χ0n) is 10.7. The second-order valence-corrected chi connectivity index (χ2v) is 5.46. The maximum Gasteiger partial charge on any atom is 0.312 e. The first kappa shape index (κ1) is 13.1. The predicted molar refractivity (Wildman–Crippen MR) is 69.2 cm³/mol. The number of rotatable bonds is 3. The van der Waals surface area contributed by atoms with Gasteiger partial charge >= 0.3 is 5.97 Å². The minimum absolute atomic E-state index is 0.0203. The van der Waals surface area contributed by atoms with Gasteiger partial charge in [-0.3, -0.25) is 14.2 Å². The van der Waals surface area contributed by atoms with E-state index in [4.69, 9.17) is 4.74 Å². The molecule has 5 nitrogen and oxygen atoms in total. The van der Waals surface area contributed by atoms with E-state index in [-0.39, 0.29) is 29.7 Å². The molecule has 1 aromatic heterocycles. The van der Waals surface area contributed by atoms with Crippen molar-refractivity contribution in [3.8, 4) is 5.88 Å². The lowest BCUT2D eigenvalue weighted by Crippen LogP contribution is -2.27. The molecule has 0 aromatic carbocycles. The molecule has 1 aromatic rings. The average molecular weight is 268 g/mol. The van der Waals surface area contributed by atoms with Crippen molar-refractivity contribution in [1.29, 1.82) is 0 Å². The molecule has 18 heavy (non-hydrogen) atoms. The van der Waals surface area contributed by atoms with E-state index < -0.39 is 0 Å². The van der Waals surface area contributed by atoms with Gasteiger partial charge in [-0.05, 0) is 5.92 Å². The van der Waals surface area contributed by atoms with Gasteiger partial charge in [0, 0.05) is 18.7 Å². The highest BCUT2D eigenvalue weighted by atomic mass is 32.2. The lowest BCUT2D eigenvalue weighted by Gasteiger charge is -2.13. The second kappa shape index (κ2) is 5.14. The molecule has 0 N–H and O–H groups in total. The Bertz CT molecular complexity index is 537. The molecule has 2 heterocycles. The number of thioether (sulfide) groups is 1. The summed E-state index contributed by atoms with van der Waals surface area (Å²) in [5.74, 6) is 0.637. The predicted octanol–water partition coefficient (Wildman–Crippen LogP) is 1.79. The van der Waals surface area contributed by atoms with Crippen molar-refractivity contribution in [2.75, 3.05) is 5.75 Å². The van der Waals surface area contributed by atoms with Gasteiger partial charge in [0.25, 0.3) is 5.56 Å². The van der Waals surface area contributed by atoms with Crippen LogP contribution in [0.3, 0.4) is 0 Å². The van der Waals surface area contributed by atoms with Crippen LogP contribution in [0.2, 0.25) is 0 Å². The number of fused-ring (bicyclic) bond motifs is 1.